The summed E-state index contributed by atoms with van der Waals surface area (Å²) in [5, 5.41) is 10.1. The highest BCUT2D eigenvalue weighted by molar-refractivity contribution is 5.09. The van der Waals surface area contributed by atoms with Gasteiger partial charge < -0.3 is 9.84 Å². The molecule has 0 radical (unpaired) electrons. The van der Waals surface area contributed by atoms with Crippen LogP contribution in [0.5, 0.6) is 0 Å². The lowest BCUT2D eigenvalue weighted by molar-refractivity contribution is 0.00825. The van der Waals surface area contributed by atoms with Crippen LogP contribution in [0.25, 0.3) is 0 Å². The molecule has 0 bridgehead atoms. The van der Waals surface area contributed by atoms with Crippen LogP contribution in [0.1, 0.15) is 5.56 Å². The van der Waals surface area contributed by atoms with Crippen LogP contribution in [-0.4, -0.2) is 72.4 Å². The molecule has 0 aromatic carbocycles. The Bertz CT molecular complexity index is 355. The second kappa shape index (κ2) is 7.55. The quantitative estimate of drug-likeness (QED) is 0.796. The summed E-state index contributed by atoms with van der Waals surface area (Å²) in [7, 11) is 2.03. The molecule has 1 saturated heterocycles. The summed E-state index contributed by atoms with van der Waals surface area (Å²) in [5.41, 5.74) is 1.22. The van der Waals surface area contributed by atoms with Gasteiger partial charge >= 0.3 is 0 Å². The van der Waals surface area contributed by atoms with Gasteiger partial charge in [-0.15, -0.1) is 0 Å². The molecule has 1 unspecified atom stereocenters. The third-order valence-electron chi connectivity index (χ3n) is 3.30. The fraction of sp³-hybridized carbons (Fsp3) is 0.643. The molecular weight excluding hydrogens is 242 g/mol. The van der Waals surface area contributed by atoms with E-state index in [0.717, 1.165) is 39.4 Å². The van der Waals surface area contributed by atoms with Gasteiger partial charge in [-0.2, -0.15) is 0 Å². The number of aromatic nitrogens is 1. The first-order valence-corrected chi connectivity index (χ1v) is 6.79. The first kappa shape index (κ1) is 14.4. The van der Waals surface area contributed by atoms with Gasteiger partial charge in [0.1, 0.15) is 0 Å². The van der Waals surface area contributed by atoms with Crippen molar-refractivity contribution in [1.29, 1.82) is 0 Å². The van der Waals surface area contributed by atoms with Crippen molar-refractivity contribution in [2.75, 3.05) is 46.4 Å². The number of ether oxygens (including phenoxy) is 1. The van der Waals surface area contributed by atoms with E-state index < -0.39 is 0 Å². The molecule has 1 aliphatic heterocycles. The molecule has 5 nitrogen and oxygen atoms in total. The Balaban J connectivity index is 1.70. The maximum Gasteiger partial charge on any atom is 0.0793 e. The van der Waals surface area contributed by atoms with E-state index in [9.17, 15) is 5.11 Å². The molecule has 1 atom stereocenters. The zero-order chi connectivity index (χ0) is 13.5. The maximum atomic E-state index is 10.1. The fourth-order valence-electron chi connectivity index (χ4n) is 2.36. The van der Waals surface area contributed by atoms with Crippen LogP contribution < -0.4 is 0 Å². The van der Waals surface area contributed by atoms with Gasteiger partial charge in [0, 0.05) is 45.1 Å². The molecule has 1 aliphatic rings. The molecule has 0 aliphatic carbocycles. The summed E-state index contributed by atoms with van der Waals surface area (Å²) in [6.07, 6.45) is 3.28. The molecule has 0 amide bonds. The molecule has 106 valence electrons. The van der Waals surface area contributed by atoms with Crippen molar-refractivity contribution in [1.82, 2.24) is 14.8 Å². The molecule has 19 heavy (non-hydrogen) atoms. The number of pyridine rings is 1. The van der Waals surface area contributed by atoms with E-state index >= 15 is 0 Å². The highest BCUT2D eigenvalue weighted by atomic mass is 16.5. The van der Waals surface area contributed by atoms with Gasteiger partial charge in [-0.05, 0) is 24.7 Å². The standard InChI is InChI=1S/C14H23N3O2/c1-16(10-13-2-4-15-5-3-13)11-14(18)12-17-6-8-19-9-7-17/h2-5,14,18H,6-12H2,1H3. The molecule has 1 N–H and O–H groups in total. The Hall–Kier alpha value is -1.01. The van der Waals surface area contributed by atoms with Crippen molar-refractivity contribution in [3.8, 4) is 0 Å². The van der Waals surface area contributed by atoms with E-state index in [1.54, 1.807) is 12.4 Å². The van der Waals surface area contributed by atoms with Crippen molar-refractivity contribution in [3.63, 3.8) is 0 Å². The van der Waals surface area contributed by atoms with E-state index in [0.29, 0.717) is 6.54 Å². The van der Waals surface area contributed by atoms with Crippen LogP contribution in [0.3, 0.4) is 0 Å². The third-order valence-corrected chi connectivity index (χ3v) is 3.30. The van der Waals surface area contributed by atoms with Gasteiger partial charge in [-0.3, -0.25) is 14.8 Å². The second-order valence-electron chi connectivity index (χ2n) is 5.12. The van der Waals surface area contributed by atoms with Crippen molar-refractivity contribution in [2.45, 2.75) is 12.6 Å². The average Bonchev–Trinajstić information content (AvgIpc) is 2.40. The van der Waals surface area contributed by atoms with Crippen LogP contribution in [0.2, 0.25) is 0 Å². The number of aliphatic hydroxyl groups excluding tert-OH is 1. The summed E-state index contributed by atoms with van der Waals surface area (Å²) in [5.74, 6) is 0. The Labute approximate surface area is 114 Å². The highest BCUT2D eigenvalue weighted by Gasteiger charge is 2.16. The van der Waals surface area contributed by atoms with E-state index in [1.165, 1.54) is 5.56 Å². The number of rotatable bonds is 6. The average molecular weight is 265 g/mol. The number of morpholine rings is 1. The van der Waals surface area contributed by atoms with Crippen LogP contribution in [0.4, 0.5) is 0 Å². The zero-order valence-electron chi connectivity index (χ0n) is 11.5. The number of hydrogen-bond donors (Lipinski definition) is 1. The molecule has 0 saturated carbocycles. The first-order chi connectivity index (χ1) is 9.24. The van der Waals surface area contributed by atoms with Gasteiger partial charge in [-0.25, -0.2) is 0 Å². The van der Waals surface area contributed by atoms with Crippen LogP contribution in [-0.2, 0) is 11.3 Å². The van der Waals surface area contributed by atoms with E-state index in [-0.39, 0.29) is 6.10 Å². The highest BCUT2D eigenvalue weighted by Crippen LogP contribution is 2.04. The minimum absolute atomic E-state index is 0.315. The van der Waals surface area contributed by atoms with E-state index in [1.807, 2.05) is 19.2 Å². The van der Waals surface area contributed by atoms with Crippen molar-refractivity contribution in [3.05, 3.63) is 30.1 Å². The maximum absolute atomic E-state index is 10.1. The monoisotopic (exact) mass is 265 g/mol. The lowest BCUT2D eigenvalue weighted by Gasteiger charge is -2.30. The van der Waals surface area contributed by atoms with Crippen molar-refractivity contribution in [2.24, 2.45) is 0 Å². The summed E-state index contributed by atoms with van der Waals surface area (Å²) in [6.45, 7) is 5.64. The van der Waals surface area contributed by atoms with E-state index in [2.05, 4.69) is 14.8 Å². The molecule has 0 spiro atoms. The van der Waals surface area contributed by atoms with E-state index in [4.69, 9.17) is 4.74 Å². The number of β-amino-alcohol motifs (C(OH)–C–C–N with tert-alkyl or cyclic N) is 1. The largest absolute Gasteiger partial charge is 0.390 e. The predicted molar refractivity (Wildman–Crippen MR) is 73.8 cm³/mol. The fourth-order valence-corrected chi connectivity index (χ4v) is 2.36. The van der Waals surface area contributed by atoms with Crippen LogP contribution in [0, 0.1) is 0 Å². The lowest BCUT2D eigenvalue weighted by atomic mass is 10.2. The summed E-state index contributed by atoms with van der Waals surface area (Å²) < 4.78 is 5.30. The molecule has 1 aromatic rings. The smallest absolute Gasteiger partial charge is 0.0793 e. The minimum atomic E-state index is -0.315. The Morgan fingerprint density at radius 2 is 2.05 bits per heavy atom. The van der Waals surface area contributed by atoms with Crippen molar-refractivity contribution >= 4 is 0 Å². The van der Waals surface area contributed by atoms with Gasteiger partial charge in [0.05, 0.1) is 19.3 Å². The predicted octanol–water partition coefficient (Wildman–Crippen LogP) is 0.207. The number of aliphatic hydroxyl groups is 1. The van der Waals surface area contributed by atoms with Crippen LogP contribution >= 0.6 is 0 Å². The Morgan fingerprint density at radius 1 is 1.37 bits per heavy atom. The molecule has 1 fully saturated rings. The number of likely N-dealkylation sites (N-methyl/N-ethyl adjacent to an activating group) is 1. The van der Waals surface area contributed by atoms with Gasteiger partial charge in [0.25, 0.3) is 0 Å². The summed E-state index contributed by atoms with van der Waals surface area (Å²) >= 11 is 0. The van der Waals surface area contributed by atoms with Gasteiger partial charge in [0.15, 0.2) is 0 Å². The normalized spacial score (nSPS) is 18.7. The first-order valence-electron chi connectivity index (χ1n) is 6.79. The SMILES string of the molecule is CN(Cc1ccncc1)CC(O)CN1CCOCC1. The zero-order valence-corrected chi connectivity index (χ0v) is 11.5. The lowest BCUT2D eigenvalue weighted by Crippen LogP contribution is -2.43. The molecule has 1 aromatic heterocycles. The molecular formula is C14H23N3O2. The number of nitrogens with zero attached hydrogens (tertiary/aromatic N) is 3. The van der Waals surface area contributed by atoms with Gasteiger partial charge in [-0.1, -0.05) is 0 Å². The summed E-state index contributed by atoms with van der Waals surface area (Å²) in [4.78, 5) is 8.40. The number of hydrogen-bond acceptors (Lipinski definition) is 5. The van der Waals surface area contributed by atoms with Crippen LogP contribution in [0.15, 0.2) is 24.5 Å². The third kappa shape index (κ3) is 5.24. The Morgan fingerprint density at radius 3 is 2.74 bits per heavy atom. The van der Waals surface area contributed by atoms with Gasteiger partial charge in [0.2, 0.25) is 0 Å². The molecule has 5 heteroatoms. The topological polar surface area (TPSA) is 48.8 Å². The second-order valence-corrected chi connectivity index (χ2v) is 5.12. The molecule has 2 heterocycles. The molecule has 2 rings (SSSR count). The Kier molecular flexibility index (Phi) is 5.72. The minimum Gasteiger partial charge on any atom is -0.390 e. The summed E-state index contributed by atoms with van der Waals surface area (Å²) in [6, 6.07) is 4.01. The van der Waals surface area contributed by atoms with Crippen molar-refractivity contribution < 1.29 is 9.84 Å².